The Morgan fingerprint density at radius 3 is 2.61 bits per heavy atom. The quantitative estimate of drug-likeness (QED) is 0.270. The number of halogens is 1. The van der Waals surface area contributed by atoms with Gasteiger partial charge in [0.05, 0.1) is 46.2 Å². The highest BCUT2D eigenvalue weighted by Gasteiger charge is 2.40. The van der Waals surface area contributed by atoms with Gasteiger partial charge in [0.1, 0.15) is 25.7 Å². The van der Waals surface area contributed by atoms with Crippen molar-refractivity contribution < 1.29 is 47.8 Å². The Hall–Kier alpha value is 0.530. The monoisotopic (exact) mass is 441 g/mol. The molecule has 136 valence electrons. The molecule has 1 saturated heterocycles. The van der Waals surface area contributed by atoms with Gasteiger partial charge in [-0.1, -0.05) is 0 Å². The van der Waals surface area contributed by atoms with Gasteiger partial charge in [0.15, 0.2) is 0 Å². The van der Waals surface area contributed by atoms with Gasteiger partial charge in [-0.05, 0) is 37.5 Å². The summed E-state index contributed by atoms with van der Waals surface area (Å²) in [6.07, 6.45) is 5.48. The lowest BCUT2D eigenvalue weighted by Gasteiger charge is -2.38. The molecular formula is C17H32INO4. The van der Waals surface area contributed by atoms with E-state index < -0.39 is 6.10 Å². The summed E-state index contributed by atoms with van der Waals surface area (Å²) in [6, 6.07) is 0. The van der Waals surface area contributed by atoms with Gasteiger partial charge in [0.2, 0.25) is 0 Å². The van der Waals surface area contributed by atoms with Crippen molar-refractivity contribution in [3.05, 3.63) is 0 Å². The van der Waals surface area contributed by atoms with Crippen molar-refractivity contribution in [3.8, 4) is 0 Å². The van der Waals surface area contributed by atoms with Crippen LogP contribution in [0.3, 0.4) is 0 Å². The smallest absolute Gasteiger partial charge is 0.126 e. The molecule has 0 aromatic heterocycles. The zero-order chi connectivity index (χ0) is 15.4. The first-order chi connectivity index (χ1) is 10.6. The lowest BCUT2D eigenvalue weighted by molar-refractivity contribution is -0.919. The summed E-state index contributed by atoms with van der Waals surface area (Å²) in [4.78, 5) is 0. The van der Waals surface area contributed by atoms with E-state index in [0.717, 1.165) is 49.2 Å². The van der Waals surface area contributed by atoms with Gasteiger partial charge in [0, 0.05) is 0 Å². The Bertz CT molecular complexity index is 351. The highest BCUT2D eigenvalue weighted by Crippen LogP contribution is 2.45. The van der Waals surface area contributed by atoms with Gasteiger partial charge < -0.3 is 47.8 Å². The molecular weight excluding hydrogens is 409 g/mol. The number of ether oxygens (including phenoxy) is 3. The molecule has 6 heteroatoms. The minimum atomic E-state index is -0.398. The molecule has 2 aliphatic carbocycles. The van der Waals surface area contributed by atoms with Gasteiger partial charge in [-0.15, -0.1) is 0 Å². The summed E-state index contributed by atoms with van der Waals surface area (Å²) in [5.74, 6) is 1.73. The standard InChI is InChI=1S/C17H32NO4.HI/c1-18(4-6-20-7-5-18)12-16(19)13-21-8-9-22-17-11-14-2-3-15(17)10-14;/h14-17,19H,2-13H2,1H3;1H/q+1;/p-1. The molecule has 0 aromatic carbocycles. The van der Waals surface area contributed by atoms with Gasteiger partial charge in [-0.3, -0.25) is 0 Å². The van der Waals surface area contributed by atoms with Crippen LogP contribution in [0.25, 0.3) is 0 Å². The molecule has 5 nitrogen and oxygen atoms in total. The number of hydrogen-bond donors (Lipinski definition) is 1. The topological polar surface area (TPSA) is 47.9 Å². The number of hydrogen-bond acceptors (Lipinski definition) is 4. The van der Waals surface area contributed by atoms with Crippen molar-refractivity contribution in [3.63, 3.8) is 0 Å². The minimum absolute atomic E-state index is 0. The molecule has 2 bridgehead atoms. The van der Waals surface area contributed by atoms with Crippen LogP contribution >= 0.6 is 0 Å². The number of rotatable bonds is 8. The third kappa shape index (κ3) is 5.78. The first-order valence-electron chi connectivity index (χ1n) is 8.93. The van der Waals surface area contributed by atoms with Crippen LogP contribution in [0.15, 0.2) is 0 Å². The van der Waals surface area contributed by atoms with Crippen molar-refractivity contribution in [1.82, 2.24) is 0 Å². The Morgan fingerprint density at radius 2 is 1.96 bits per heavy atom. The van der Waals surface area contributed by atoms with Crippen LogP contribution in [0.1, 0.15) is 25.7 Å². The van der Waals surface area contributed by atoms with E-state index in [1.54, 1.807) is 0 Å². The summed E-state index contributed by atoms with van der Waals surface area (Å²) < 4.78 is 17.8. The number of aliphatic hydroxyl groups excluding tert-OH is 1. The predicted octanol–water partition coefficient (Wildman–Crippen LogP) is -1.95. The van der Waals surface area contributed by atoms with Gasteiger partial charge >= 0.3 is 0 Å². The average Bonchev–Trinajstić information content (AvgIpc) is 3.09. The van der Waals surface area contributed by atoms with Crippen molar-refractivity contribution >= 4 is 0 Å². The third-order valence-electron chi connectivity index (χ3n) is 5.75. The Morgan fingerprint density at radius 1 is 1.17 bits per heavy atom. The zero-order valence-electron chi connectivity index (χ0n) is 14.3. The number of fused-ring (bicyclic) bond motifs is 2. The predicted molar refractivity (Wildman–Crippen MR) is 83.6 cm³/mol. The average molecular weight is 441 g/mol. The highest BCUT2D eigenvalue weighted by atomic mass is 127. The van der Waals surface area contributed by atoms with Crippen LogP contribution in [-0.4, -0.2) is 81.5 Å². The molecule has 0 radical (unpaired) electrons. The molecule has 0 amide bonds. The molecule has 1 N–H and O–H groups in total. The largest absolute Gasteiger partial charge is 1.00 e. The maximum Gasteiger partial charge on any atom is 0.126 e. The van der Waals surface area contributed by atoms with E-state index in [-0.39, 0.29) is 24.0 Å². The van der Waals surface area contributed by atoms with Crippen molar-refractivity contribution in [2.24, 2.45) is 11.8 Å². The lowest BCUT2D eigenvalue weighted by Crippen LogP contribution is -3.00. The first kappa shape index (κ1) is 19.8. The SMILES string of the molecule is C[N+]1(CC(O)COCCOC2CC3CCC2C3)CCOCC1.[I-]. The lowest BCUT2D eigenvalue weighted by atomic mass is 9.98. The summed E-state index contributed by atoms with van der Waals surface area (Å²) >= 11 is 0. The molecule has 1 heterocycles. The maximum atomic E-state index is 10.1. The molecule has 2 saturated carbocycles. The molecule has 1 aliphatic heterocycles. The Balaban J connectivity index is 0.00000192. The van der Waals surface area contributed by atoms with Crippen LogP contribution in [0.4, 0.5) is 0 Å². The zero-order valence-corrected chi connectivity index (χ0v) is 16.4. The second kappa shape index (κ2) is 9.29. The van der Waals surface area contributed by atoms with Crippen LogP contribution < -0.4 is 24.0 Å². The molecule has 23 heavy (non-hydrogen) atoms. The van der Waals surface area contributed by atoms with E-state index in [9.17, 15) is 5.11 Å². The summed E-state index contributed by atoms with van der Waals surface area (Å²) in [6.45, 7) is 5.96. The molecule has 0 spiro atoms. The highest BCUT2D eigenvalue weighted by molar-refractivity contribution is 4.90. The van der Waals surface area contributed by atoms with Gasteiger partial charge in [-0.25, -0.2) is 0 Å². The number of aliphatic hydroxyl groups is 1. The number of likely N-dealkylation sites (N-methyl/N-ethyl adjacent to an activating group) is 1. The third-order valence-corrected chi connectivity index (χ3v) is 5.75. The molecule has 3 fully saturated rings. The molecule has 3 rings (SSSR count). The van der Waals surface area contributed by atoms with Gasteiger partial charge in [0.25, 0.3) is 0 Å². The van der Waals surface area contributed by atoms with Crippen molar-refractivity contribution in [1.29, 1.82) is 0 Å². The van der Waals surface area contributed by atoms with E-state index in [1.807, 2.05) is 0 Å². The van der Waals surface area contributed by atoms with Crippen LogP contribution in [-0.2, 0) is 14.2 Å². The van der Waals surface area contributed by atoms with E-state index in [4.69, 9.17) is 14.2 Å². The number of morpholine rings is 1. The van der Waals surface area contributed by atoms with Crippen molar-refractivity contribution in [2.75, 3.05) is 59.7 Å². The van der Waals surface area contributed by atoms with E-state index in [0.29, 0.717) is 25.9 Å². The minimum Gasteiger partial charge on any atom is -1.00 e. The fraction of sp³-hybridized carbons (Fsp3) is 1.00. The summed E-state index contributed by atoms with van der Waals surface area (Å²) in [7, 11) is 2.18. The summed E-state index contributed by atoms with van der Waals surface area (Å²) in [5.41, 5.74) is 0. The summed E-state index contributed by atoms with van der Waals surface area (Å²) in [5, 5.41) is 10.1. The van der Waals surface area contributed by atoms with E-state index in [2.05, 4.69) is 7.05 Å². The fourth-order valence-corrected chi connectivity index (χ4v) is 4.40. The maximum absolute atomic E-state index is 10.1. The van der Waals surface area contributed by atoms with E-state index >= 15 is 0 Å². The Kier molecular flexibility index (Phi) is 8.02. The normalized spacial score (nSPS) is 33.4. The molecule has 4 atom stereocenters. The first-order valence-corrected chi connectivity index (χ1v) is 8.93. The van der Waals surface area contributed by atoms with E-state index in [1.165, 1.54) is 25.7 Å². The number of nitrogens with zero attached hydrogens (tertiary/aromatic N) is 1. The van der Waals surface area contributed by atoms with Crippen LogP contribution in [0.2, 0.25) is 0 Å². The fourth-order valence-electron chi connectivity index (χ4n) is 4.40. The van der Waals surface area contributed by atoms with Gasteiger partial charge in [-0.2, -0.15) is 0 Å². The second-order valence-corrected chi connectivity index (χ2v) is 7.67. The Labute approximate surface area is 157 Å². The second-order valence-electron chi connectivity index (χ2n) is 7.67. The molecule has 4 unspecified atom stereocenters. The van der Waals surface area contributed by atoms with Crippen molar-refractivity contribution in [2.45, 2.75) is 37.9 Å². The molecule has 3 aliphatic rings. The van der Waals surface area contributed by atoms with Crippen LogP contribution in [0, 0.1) is 11.8 Å². The number of quaternary nitrogens is 1. The van der Waals surface area contributed by atoms with Crippen LogP contribution in [0.5, 0.6) is 0 Å². The molecule has 0 aromatic rings.